The highest BCUT2D eigenvalue weighted by Gasteiger charge is 2.06. The summed E-state index contributed by atoms with van der Waals surface area (Å²) in [6.45, 7) is 3.63. The number of carbonyl (C=O) groups is 1. The second-order valence-corrected chi connectivity index (χ2v) is 3.38. The zero-order valence-electron chi connectivity index (χ0n) is 7.21. The van der Waals surface area contributed by atoms with E-state index in [0.29, 0.717) is 5.56 Å². The fraction of sp³-hybridized carbons (Fsp3) is 0.100. The van der Waals surface area contributed by atoms with Crippen LogP contribution in [0.3, 0.4) is 0 Å². The third-order valence-corrected chi connectivity index (χ3v) is 2.03. The van der Waals surface area contributed by atoms with Gasteiger partial charge in [0, 0.05) is 4.47 Å². The van der Waals surface area contributed by atoms with Gasteiger partial charge in [-0.2, -0.15) is 0 Å². The normalized spacial score (nSPS) is 9.38. The summed E-state index contributed by atoms with van der Waals surface area (Å²) in [5.74, 6) is -0.343. The molecule has 0 radical (unpaired) electrons. The first kappa shape index (κ1) is 9.99. The number of esters is 1. The summed E-state index contributed by atoms with van der Waals surface area (Å²) in [5.41, 5.74) is 1.40. The monoisotopic (exact) mass is 240 g/mol. The number of carbonyl (C=O) groups excluding carboxylic acids is 1. The topological polar surface area (TPSA) is 26.3 Å². The van der Waals surface area contributed by atoms with Crippen LogP contribution in [0.15, 0.2) is 29.3 Å². The van der Waals surface area contributed by atoms with E-state index in [4.69, 9.17) is 0 Å². The predicted octanol–water partition coefficient (Wildman–Crippen LogP) is 2.88. The number of hydrogen-bond donors (Lipinski definition) is 0. The molecular weight excluding hydrogens is 232 g/mol. The molecule has 0 bridgehead atoms. The molecule has 0 unspecified atom stereocenters. The van der Waals surface area contributed by atoms with Crippen molar-refractivity contribution in [3.63, 3.8) is 0 Å². The van der Waals surface area contributed by atoms with E-state index in [1.807, 2.05) is 6.07 Å². The molecule has 1 rings (SSSR count). The Morgan fingerprint density at radius 1 is 1.54 bits per heavy atom. The maximum Gasteiger partial charge on any atom is 0.337 e. The highest BCUT2D eigenvalue weighted by atomic mass is 79.9. The van der Waals surface area contributed by atoms with Gasteiger partial charge in [0.25, 0.3) is 0 Å². The third kappa shape index (κ3) is 2.42. The van der Waals surface area contributed by atoms with Gasteiger partial charge in [-0.15, -0.1) is 0 Å². The number of hydrogen-bond acceptors (Lipinski definition) is 2. The van der Waals surface area contributed by atoms with E-state index in [9.17, 15) is 4.79 Å². The van der Waals surface area contributed by atoms with Gasteiger partial charge in [0.1, 0.15) is 0 Å². The number of benzene rings is 1. The number of rotatable bonds is 2. The Hall–Kier alpha value is -1.09. The van der Waals surface area contributed by atoms with E-state index in [0.717, 1.165) is 10.0 Å². The highest BCUT2D eigenvalue weighted by Crippen LogP contribution is 2.17. The molecule has 3 heteroatoms. The summed E-state index contributed by atoms with van der Waals surface area (Å²) in [4.78, 5) is 11.2. The van der Waals surface area contributed by atoms with Crippen LogP contribution in [0.5, 0.6) is 0 Å². The lowest BCUT2D eigenvalue weighted by atomic mass is 10.1. The van der Waals surface area contributed by atoms with E-state index in [1.54, 1.807) is 18.2 Å². The summed E-state index contributed by atoms with van der Waals surface area (Å²) in [5, 5.41) is 0. The second kappa shape index (κ2) is 4.23. The summed E-state index contributed by atoms with van der Waals surface area (Å²) < 4.78 is 5.43. The quantitative estimate of drug-likeness (QED) is 0.744. The Bertz CT molecular complexity index is 345. The standard InChI is InChI=1S/C10H9BrO2/c1-3-7-4-8(10(12)13-2)6-9(11)5-7/h3-6H,1H2,2H3. The molecule has 0 aromatic heterocycles. The molecule has 0 N–H and O–H groups in total. The molecule has 1 aromatic carbocycles. The average Bonchev–Trinajstić information content (AvgIpc) is 2.15. The molecule has 0 saturated carbocycles. The maximum atomic E-state index is 11.2. The van der Waals surface area contributed by atoms with Gasteiger partial charge in [-0.1, -0.05) is 28.6 Å². The van der Waals surface area contributed by atoms with Gasteiger partial charge < -0.3 is 4.74 Å². The molecule has 0 spiro atoms. The largest absolute Gasteiger partial charge is 0.465 e. The molecule has 2 nitrogen and oxygen atoms in total. The first-order valence-corrected chi connectivity index (χ1v) is 4.48. The molecule has 68 valence electrons. The van der Waals surface area contributed by atoms with Gasteiger partial charge in [-0.25, -0.2) is 4.79 Å². The van der Waals surface area contributed by atoms with Crippen LogP contribution in [-0.2, 0) is 4.74 Å². The van der Waals surface area contributed by atoms with E-state index in [1.165, 1.54) is 7.11 Å². The highest BCUT2D eigenvalue weighted by molar-refractivity contribution is 9.10. The Morgan fingerprint density at radius 3 is 2.77 bits per heavy atom. The van der Waals surface area contributed by atoms with Crippen LogP contribution in [0.1, 0.15) is 15.9 Å². The Balaban J connectivity index is 3.15. The van der Waals surface area contributed by atoms with Crippen LogP contribution in [0, 0.1) is 0 Å². The van der Waals surface area contributed by atoms with Crippen molar-refractivity contribution in [2.75, 3.05) is 7.11 Å². The zero-order chi connectivity index (χ0) is 9.84. The van der Waals surface area contributed by atoms with Crippen molar-refractivity contribution in [1.82, 2.24) is 0 Å². The average molecular weight is 241 g/mol. The minimum atomic E-state index is -0.343. The van der Waals surface area contributed by atoms with Gasteiger partial charge in [-0.3, -0.25) is 0 Å². The van der Waals surface area contributed by atoms with Crippen molar-refractivity contribution in [2.24, 2.45) is 0 Å². The first-order chi connectivity index (χ1) is 6.17. The Morgan fingerprint density at radius 2 is 2.23 bits per heavy atom. The lowest BCUT2D eigenvalue weighted by molar-refractivity contribution is 0.0600. The third-order valence-electron chi connectivity index (χ3n) is 1.58. The fourth-order valence-electron chi connectivity index (χ4n) is 0.966. The zero-order valence-corrected chi connectivity index (χ0v) is 8.80. The molecule has 13 heavy (non-hydrogen) atoms. The minimum Gasteiger partial charge on any atom is -0.465 e. The van der Waals surface area contributed by atoms with Gasteiger partial charge in [0.2, 0.25) is 0 Å². The van der Waals surface area contributed by atoms with Crippen LogP contribution in [-0.4, -0.2) is 13.1 Å². The van der Waals surface area contributed by atoms with Gasteiger partial charge in [-0.05, 0) is 23.8 Å². The summed E-state index contributed by atoms with van der Waals surface area (Å²) in [6.07, 6.45) is 1.68. The molecular formula is C10H9BrO2. The van der Waals surface area contributed by atoms with E-state index in [2.05, 4.69) is 27.2 Å². The SMILES string of the molecule is C=Cc1cc(Br)cc(C(=O)OC)c1. The van der Waals surface area contributed by atoms with Crippen LogP contribution in [0.4, 0.5) is 0 Å². The van der Waals surface area contributed by atoms with Gasteiger partial charge in [0.05, 0.1) is 12.7 Å². The van der Waals surface area contributed by atoms with Crippen molar-refractivity contribution in [3.05, 3.63) is 40.4 Å². The first-order valence-electron chi connectivity index (χ1n) is 3.68. The second-order valence-electron chi connectivity index (χ2n) is 2.47. The van der Waals surface area contributed by atoms with Gasteiger partial charge in [0.15, 0.2) is 0 Å². The van der Waals surface area contributed by atoms with Crippen molar-refractivity contribution in [1.29, 1.82) is 0 Å². The number of halogens is 1. The number of ether oxygens (including phenoxy) is 1. The maximum absolute atomic E-state index is 11.2. The Kier molecular flexibility index (Phi) is 3.25. The molecule has 0 fully saturated rings. The smallest absolute Gasteiger partial charge is 0.337 e. The lowest BCUT2D eigenvalue weighted by Gasteiger charge is -2.01. The van der Waals surface area contributed by atoms with E-state index >= 15 is 0 Å². The minimum absolute atomic E-state index is 0.343. The van der Waals surface area contributed by atoms with Crippen molar-refractivity contribution >= 4 is 28.0 Å². The molecule has 1 aromatic rings. The summed E-state index contributed by atoms with van der Waals surface area (Å²) >= 11 is 3.30. The van der Waals surface area contributed by atoms with E-state index in [-0.39, 0.29) is 5.97 Å². The fourth-order valence-corrected chi connectivity index (χ4v) is 1.48. The van der Waals surface area contributed by atoms with Crippen molar-refractivity contribution in [2.45, 2.75) is 0 Å². The lowest BCUT2D eigenvalue weighted by Crippen LogP contribution is -2.01. The predicted molar refractivity (Wildman–Crippen MR) is 55.6 cm³/mol. The van der Waals surface area contributed by atoms with Crippen LogP contribution < -0.4 is 0 Å². The summed E-state index contributed by atoms with van der Waals surface area (Å²) in [7, 11) is 1.36. The molecule has 0 saturated heterocycles. The van der Waals surface area contributed by atoms with Crippen molar-refractivity contribution in [3.8, 4) is 0 Å². The molecule has 0 aliphatic carbocycles. The Labute approximate surface area is 85.3 Å². The summed E-state index contributed by atoms with van der Waals surface area (Å²) in [6, 6.07) is 5.31. The van der Waals surface area contributed by atoms with Crippen LogP contribution >= 0.6 is 15.9 Å². The van der Waals surface area contributed by atoms with Gasteiger partial charge >= 0.3 is 5.97 Å². The molecule has 0 amide bonds. The van der Waals surface area contributed by atoms with Crippen molar-refractivity contribution < 1.29 is 9.53 Å². The van der Waals surface area contributed by atoms with Crippen LogP contribution in [0.25, 0.3) is 6.08 Å². The number of methoxy groups -OCH3 is 1. The molecule has 0 atom stereocenters. The molecule has 0 heterocycles. The van der Waals surface area contributed by atoms with E-state index < -0.39 is 0 Å². The molecule has 0 aliphatic heterocycles. The van der Waals surface area contributed by atoms with Crippen LogP contribution in [0.2, 0.25) is 0 Å². The molecule has 0 aliphatic rings.